The average Bonchev–Trinajstić information content (AvgIpc) is 2.01. The lowest BCUT2D eigenvalue weighted by atomic mass is 10.2. The van der Waals surface area contributed by atoms with Gasteiger partial charge in [-0.3, -0.25) is 0 Å². The molecule has 0 spiro atoms. The summed E-state index contributed by atoms with van der Waals surface area (Å²) >= 11 is 7.87. The molecule has 1 aromatic carbocycles. The molecule has 0 aliphatic rings. The van der Waals surface area contributed by atoms with Crippen molar-refractivity contribution in [2.45, 2.75) is 37.0 Å². The second kappa shape index (κ2) is 4.56. The molecule has 0 saturated heterocycles. The van der Waals surface area contributed by atoms with E-state index in [1.54, 1.807) is 11.8 Å². The van der Waals surface area contributed by atoms with Gasteiger partial charge in [0.25, 0.3) is 0 Å². The summed E-state index contributed by atoms with van der Waals surface area (Å²) < 4.78 is 0.189. The molecule has 0 aliphatic carbocycles. The first-order valence-corrected chi connectivity index (χ1v) is 5.80. The second-order valence-corrected chi connectivity index (χ2v) is 6.41. The molecule has 0 unspecified atom stereocenters. The van der Waals surface area contributed by atoms with Crippen molar-refractivity contribution in [3.8, 4) is 0 Å². The zero-order valence-corrected chi connectivity index (χ0v) is 10.4. The number of rotatable bonds is 2. The standard InChI is InChI=1S/C11H16ClNS/c1-11(2,3)14-10-6-4-5-9(12)8(10)7-13/h4-6H,7,13H2,1-3H3. The van der Waals surface area contributed by atoms with E-state index in [0.717, 1.165) is 10.6 Å². The molecule has 0 fully saturated rings. The summed E-state index contributed by atoms with van der Waals surface area (Å²) in [4.78, 5) is 1.19. The Labute approximate surface area is 95.0 Å². The van der Waals surface area contributed by atoms with Crippen LogP contribution in [0.2, 0.25) is 5.02 Å². The van der Waals surface area contributed by atoms with Crippen molar-refractivity contribution in [1.82, 2.24) is 0 Å². The highest BCUT2D eigenvalue weighted by atomic mass is 35.5. The topological polar surface area (TPSA) is 26.0 Å². The second-order valence-electron chi connectivity index (χ2n) is 4.14. The minimum atomic E-state index is 0.189. The highest BCUT2D eigenvalue weighted by Gasteiger charge is 2.15. The maximum absolute atomic E-state index is 6.07. The number of nitrogens with two attached hydrogens (primary N) is 1. The summed E-state index contributed by atoms with van der Waals surface area (Å²) in [5, 5.41) is 0.766. The Morgan fingerprint density at radius 2 is 2.00 bits per heavy atom. The van der Waals surface area contributed by atoms with E-state index >= 15 is 0 Å². The first-order valence-electron chi connectivity index (χ1n) is 4.60. The van der Waals surface area contributed by atoms with Gasteiger partial charge in [-0.2, -0.15) is 0 Å². The van der Waals surface area contributed by atoms with Crippen LogP contribution >= 0.6 is 23.4 Å². The molecule has 3 heteroatoms. The van der Waals surface area contributed by atoms with Crippen LogP contribution in [0, 0.1) is 0 Å². The van der Waals surface area contributed by atoms with E-state index in [1.165, 1.54) is 4.90 Å². The van der Waals surface area contributed by atoms with E-state index in [-0.39, 0.29) is 4.75 Å². The Hall–Kier alpha value is -0.180. The van der Waals surface area contributed by atoms with Crippen molar-refractivity contribution in [3.63, 3.8) is 0 Å². The Bertz CT molecular complexity index is 318. The Morgan fingerprint density at radius 3 is 2.50 bits per heavy atom. The van der Waals surface area contributed by atoms with Crippen LogP contribution in [0.4, 0.5) is 0 Å². The lowest BCUT2D eigenvalue weighted by Crippen LogP contribution is -2.09. The van der Waals surface area contributed by atoms with Gasteiger partial charge in [-0.15, -0.1) is 11.8 Å². The van der Waals surface area contributed by atoms with Crippen molar-refractivity contribution in [1.29, 1.82) is 0 Å². The number of benzene rings is 1. The van der Waals surface area contributed by atoms with Crippen LogP contribution < -0.4 is 5.73 Å². The first-order chi connectivity index (χ1) is 6.44. The number of hydrogen-bond acceptors (Lipinski definition) is 2. The monoisotopic (exact) mass is 229 g/mol. The van der Waals surface area contributed by atoms with Crippen molar-refractivity contribution in [2.75, 3.05) is 0 Å². The molecule has 0 amide bonds. The van der Waals surface area contributed by atoms with Gasteiger partial charge >= 0.3 is 0 Å². The van der Waals surface area contributed by atoms with Crippen LogP contribution in [0.15, 0.2) is 23.1 Å². The van der Waals surface area contributed by atoms with Crippen LogP contribution in [0.1, 0.15) is 26.3 Å². The lowest BCUT2D eigenvalue weighted by molar-refractivity contribution is 0.801. The fourth-order valence-corrected chi connectivity index (χ4v) is 2.59. The molecule has 1 nitrogen and oxygen atoms in total. The molecular weight excluding hydrogens is 214 g/mol. The quantitative estimate of drug-likeness (QED) is 0.783. The van der Waals surface area contributed by atoms with E-state index < -0.39 is 0 Å². The largest absolute Gasteiger partial charge is 0.326 e. The predicted octanol–water partition coefficient (Wildman–Crippen LogP) is 3.69. The fourth-order valence-electron chi connectivity index (χ4n) is 1.16. The van der Waals surface area contributed by atoms with Crippen molar-refractivity contribution < 1.29 is 0 Å². The SMILES string of the molecule is CC(C)(C)Sc1cccc(Cl)c1CN. The highest BCUT2D eigenvalue weighted by Crippen LogP contribution is 2.36. The van der Waals surface area contributed by atoms with E-state index in [4.69, 9.17) is 17.3 Å². The van der Waals surface area contributed by atoms with E-state index in [0.29, 0.717) is 6.54 Å². The van der Waals surface area contributed by atoms with Gasteiger partial charge in [-0.1, -0.05) is 38.4 Å². The van der Waals surface area contributed by atoms with Gasteiger partial charge in [0.1, 0.15) is 0 Å². The van der Waals surface area contributed by atoms with Gasteiger partial charge < -0.3 is 5.73 Å². The molecule has 2 N–H and O–H groups in total. The zero-order chi connectivity index (χ0) is 10.8. The third-order valence-corrected chi connectivity index (χ3v) is 3.27. The molecule has 0 bridgehead atoms. The summed E-state index contributed by atoms with van der Waals surface area (Å²) in [6.07, 6.45) is 0. The normalized spacial score (nSPS) is 11.8. The fraction of sp³-hybridized carbons (Fsp3) is 0.455. The molecule has 78 valence electrons. The van der Waals surface area contributed by atoms with E-state index in [9.17, 15) is 0 Å². The highest BCUT2D eigenvalue weighted by molar-refractivity contribution is 8.00. The third-order valence-electron chi connectivity index (χ3n) is 1.70. The molecule has 0 aliphatic heterocycles. The van der Waals surface area contributed by atoms with Gasteiger partial charge in [-0.05, 0) is 17.7 Å². The molecule has 0 saturated carbocycles. The molecule has 1 aromatic rings. The smallest absolute Gasteiger partial charge is 0.0462 e. The van der Waals surface area contributed by atoms with Crippen LogP contribution in [0.5, 0.6) is 0 Å². The molecule has 0 aromatic heterocycles. The minimum absolute atomic E-state index is 0.189. The van der Waals surface area contributed by atoms with Crippen molar-refractivity contribution in [2.24, 2.45) is 5.73 Å². The summed E-state index contributed by atoms with van der Waals surface area (Å²) in [6, 6.07) is 5.93. The lowest BCUT2D eigenvalue weighted by Gasteiger charge is -2.20. The van der Waals surface area contributed by atoms with Crippen molar-refractivity contribution in [3.05, 3.63) is 28.8 Å². The van der Waals surface area contributed by atoms with Crippen LogP contribution in [-0.4, -0.2) is 4.75 Å². The molecule has 1 rings (SSSR count). The van der Waals surface area contributed by atoms with Crippen molar-refractivity contribution >= 4 is 23.4 Å². The van der Waals surface area contributed by atoms with Gasteiger partial charge in [-0.25, -0.2) is 0 Å². The first kappa shape index (κ1) is 11.9. The molecular formula is C11H16ClNS. The van der Waals surface area contributed by atoms with Gasteiger partial charge in [0, 0.05) is 21.2 Å². The van der Waals surface area contributed by atoms with E-state index in [1.807, 2.05) is 12.1 Å². The summed E-state index contributed by atoms with van der Waals surface area (Å²) in [5.41, 5.74) is 6.72. The Morgan fingerprint density at radius 1 is 1.36 bits per heavy atom. The summed E-state index contributed by atoms with van der Waals surface area (Å²) in [5.74, 6) is 0. The average molecular weight is 230 g/mol. The summed E-state index contributed by atoms with van der Waals surface area (Å²) in [6.45, 7) is 7.04. The molecule has 14 heavy (non-hydrogen) atoms. The number of thioether (sulfide) groups is 1. The summed E-state index contributed by atoms with van der Waals surface area (Å²) in [7, 11) is 0. The van der Waals surface area contributed by atoms with Gasteiger partial charge in [0.2, 0.25) is 0 Å². The number of hydrogen-bond donors (Lipinski definition) is 1. The van der Waals surface area contributed by atoms with E-state index in [2.05, 4.69) is 26.8 Å². The van der Waals surface area contributed by atoms with Crippen LogP contribution in [0.3, 0.4) is 0 Å². The predicted molar refractivity (Wildman–Crippen MR) is 65.0 cm³/mol. The molecule has 0 atom stereocenters. The van der Waals surface area contributed by atoms with Gasteiger partial charge in [0.15, 0.2) is 0 Å². The maximum Gasteiger partial charge on any atom is 0.0462 e. The number of halogens is 1. The van der Waals surface area contributed by atoms with Crippen LogP contribution in [-0.2, 0) is 6.54 Å². The van der Waals surface area contributed by atoms with Gasteiger partial charge in [0.05, 0.1) is 0 Å². The Balaban J connectivity index is 3.02. The van der Waals surface area contributed by atoms with Crippen LogP contribution in [0.25, 0.3) is 0 Å². The zero-order valence-electron chi connectivity index (χ0n) is 8.80. The molecule has 0 heterocycles. The minimum Gasteiger partial charge on any atom is -0.326 e. The third kappa shape index (κ3) is 3.19. The Kier molecular flexibility index (Phi) is 3.87. The maximum atomic E-state index is 6.07. The molecule has 0 radical (unpaired) electrons.